The van der Waals surface area contributed by atoms with Crippen LogP contribution < -0.4 is 10.6 Å². The second kappa shape index (κ2) is 7.30. The number of carbonyl (C=O) groups is 1. The van der Waals surface area contributed by atoms with Crippen LogP contribution in [0.15, 0.2) is 60.3 Å². The molecule has 2 aromatic carbocycles. The monoisotopic (exact) mass is 311 g/mol. The zero-order valence-corrected chi connectivity index (χ0v) is 12.7. The maximum Gasteiger partial charge on any atom is 0.267 e. The van der Waals surface area contributed by atoms with Crippen LogP contribution in [0.25, 0.3) is 0 Å². The van der Waals surface area contributed by atoms with Crippen molar-refractivity contribution in [3.8, 4) is 6.07 Å². The number of amides is 1. The van der Waals surface area contributed by atoms with Crippen LogP contribution in [0.4, 0.5) is 11.4 Å². The molecule has 110 valence electrons. The van der Waals surface area contributed by atoms with Gasteiger partial charge in [0.1, 0.15) is 11.6 Å². The molecule has 4 nitrogen and oxygen atoms in total. The second-order valence-electron chi connectivity index (χ2n) is 4.59. The van der Waals surface area contributed by atoms with Gasteiger partial charge in [-0.2, -0.15) is 5.26 Å². The van der Waals surface area contributed by atoms with Crippen LogP contribution >= 0.6 is 11.6 Å². The third kappa shape index (κ3) is 4.11. The highest BCUT2D eigenvalue weighted by atomic mass is 35.5. The Labute approximate surface area is 134 Å². The Morgan fingerprint density at radius 1 is 1.23 bits per heavy atom. The van der Waals surface area contributed by atoms with E-state index < -0.39 is 5.91 Å². The zero-order valence-electron chi connectivity index (χ0n) is 11.9. The Kier molecular flexibility index (Phi) is 5.18. The van der Waals surface area contributed by atoms with Gasteiger partial charge in [-0.1, -0.05) is 35.9 Å². The molecule has 0 atom stereocenters. The molecular weight excluding hydrogens is 298 g/mol. The van der Waals surface area contributed by atoms with E-state index in [-0.39, 0.29) is 5.57 Å². The maximum absolute atomic E-state index is 12.1. The predicted molar refractivity (Wildman–Crippen MR) is 88.6 cm³/mol. The number of nitriles is 1. The summed E-state index contributed by atoms with van der Waals surface area (Å²) in [7, 11) is 0. The summed E-state index contributed by atoms with van der Waals surface area (Å²) in [5, 5.41) is 15.3. The number of carbonyl (C=O) groups excluding carboxylic acids is 1. The highest BCUT2D eigenvalue weighted by molar-refractivity contribution is 6.30. The Hall–Kier alpha value is -2.77. The molecule has 2 aromatic rings. The van der Waals surface area contributed by atoms with Crippen molar-refractivity contribution in [3.05, 3.63) is 70.9 Å². The summed E-state index contributed by atoms with van der Waals surface area (Å²) >= 11 is 5.88. The van der Waals surface area contributed by atoms with E-state index >= 15 is 0 Å². The molecule has 1 amide bonds. The van der Waals surface area contributed by atoms with Gasteiger partial charge in [-0.3, -0.25) is 4.79 Å². The molecule has 0 fully saturated rings. The van der Waals surface area contributed by atoms with Gasteiger partial charge in [0.05, 0.1) is 0 Å². The quantitative estimate of drug-likeness (QED) is 0.660. The molecule has 22 heavy (non-hydrogen) atoms. The highest BCUT2D eigenvalue weighted by Gasteiger charge is 2.10. The number of nitrogens with zero attached hydrogens (tertiary/aromatic N) is 1. The summed E-state index contributed by atoms with van der Waals surface area (Å²) in [4.78, 5) is 12.1. The molecular formula is C17H14ClN3O. The van der Waals surface area contributed by atoms with E-state index in [9.17, 15) is 4.79 Å². The smallest absolute Gasteiger partial charge is 0.267 e. The molecule has 0 aromatic heterocycles. The van der Waals surface area contributed by atoms with Gasteiger partial charge in [0, 0.05) is 22.6 Å². The topological polar surface area (TPSA) is 64.9 Å². The highest BCUT2D eigenvalue weighted by Crippen LogP contribution is 2.16. The van der Waals surface area contributed by atoms with Crippen molar-refractivity contribution in [1.29, 1.82) is 5.26 Å². The summed E-state index contributed by atoms with van der Waals surface area (Å²) in [6, 6.07) is 16.3. The standard InChI is InChI=1S/C17H14ClN3O/c1-12-5-2-3-8-16(12)21-17(22)13(10-19)11-20-15-7-4-6-14(18)9-15/h2-9,11,20H,1H3,(H,21,22)/b13-11-. The fourth-order valence-corrected chi connectivity index (χ4v) is 1.98. The molecule has 0 radical (unpaired) electrons. The molecule has 0 unspecified atom stereocenters. The first-order valence-electron chi connectivity index (χ1n) is 6.59. The van der Waals surface area contributed by atoms with Crippen molar-refractivity contribution in [1.82, 2.24) is 0 Å². The molecule has 2 N–H and O–H groups in total. The minimum absolute atomic E-state index is 0.0248. The number of benzene rings is 2. The van der Waals surface area contributed by atoms with E-state index in [0.29, 0.717) is 16.4 Å². The number of hydrogen-bond donors (Lipinski definition) is 2. The van der Waals surface area contributed by atoms with Crippen LogP contribution in [0.2, 0.25) is 5.02 Å². The Morgan fingerprint density at radius 2 is 2.00 bits per heavy atom. The minimum atomic E-state index is -0.466. The fourth-order valence-electron chi connectivity index (χ4n) is 1.79. The van der Waals surface area contributed by atoms with E-state index in [1.807, 2.05) is 31.2 Å². The lowest BCUT2D eigenvalue weighted by atomic mass is 10.2. The van der Waals surface area contributed by atoms with Crippen LogP contribution in [0.5, 0.6) is 0 Å². The fraction of sp³-hybridized carbons (Fsp3) is 0.0588. The van der Waals surface area contributed by atoms with Gasteiger partial charge in [0.2, 0.25) is 0 Å². The largest absolute Gasteiger partial charge is 0.360 e. The maximum atomic E-state index is 12.1. The van der Waals surface area contributed by atoms with Crippen molar-refractivity contribution in [3.63, 3.8) is 0 Å². The summed E-state index contributed by atoms with van der Waals surface area (Å²) in [6.45, 7) is 1.88. The Bertz CT molecular complexity index is 762. The molecule has 0 spiro atoms. The van der Waals surface area contributed by atoms with Crippen molar-refractivity contribution < 1.29 is 4.79 Å². The lowest BCUT2D eigenvalue weighted by Gasteiger charge is -2.07. The molecule has 5 heteroatoms. The van der Waals surface area contributed by atoms with E-state index in [1.165, 1.54) is 6.20 Å². The molecule has 0 saturated heterocycles. The summed E-state index contributed by atoms with van der Waals surface area (Å²) in [5.41, 5.74) is 2.28. The van der Waals surface area contributed by atoms with Crippen LogP contribution in [0.1, 0.15) is 5.56 Å². The van der Waals surface area contributed by atoms with Gasteiger partial charge >= 0.3 is 0 Å². The molecule has 0 saturated carbocycles. The lowest BCUT2D eigenvalue weighted by molar-refractivity contribution is -0.112. The first kappa shape index (κ1) is 15.6. The SMILES string of the molecule is Cc1ccccc1NC(=O)/C(C#N)=C\Nc1cccc(Cl)c1. The van der Waals surface area contributed by atoms with Gasteiger partial charge in [0.15, 0.2) is 0 Å². The normalized spacial score (nSPS) is 10.7. The summed E-state index contributed by atoms with van der Waals surface area (Å²) in [5.74, 6) is -0.466. The van der Waals surface area contributed by atoms with Gasteiger partial charge in [-0.05, 0) is 36.8 Å². The summed E-state index contributed by atoms with van der Waals surface area (Å²) in [6.07, 6.45) is 1.36. The number of nitrogens with one attached hydrogen (secondary N) is 2. The van der Waals surface area contributed by atoms with Crippen LogP contribution in [-0.4, -0.2) is 5.91 Å². The average molecular weight is 312 g/mol. The van der Waals surface area contributed by atoms with E-state index in [1.54, 1.807) is 30.3 Å². The Balaban J connectivity index is 2.11. The van der Waals surface area contributed by atoms with Crippen LogP contribution in [0.3, 0.4) is 0 Å². The molecule has 0 heterocycles. The van der Waals surface area contributed by atoms with Crippen LogP contribution in [0, 0.1) is 18.3 Å². The van der Waals surface area contributed by atoms with Gasteiger partial charge < -0.3 is 10.6 Å². The zero-order chi connectivity index (χ0) is 15.9. The van der Waals surface area contributed by atoms with E-state index in [2.05, 4.69) is 10.6 Å². The van der Waals surface area contributed by atoms with Crippen molar-refractivity contribution >= 4 is 28.9 Å². The van der Waals surface area contributed by atoms with E-state index in [0.717, 1.165) is 5.56 Å². The van der Waals surface area contributed by atoms with E-state index in [4.69, 9.17) is 16.9 Å². The minimum Gasteiger partial charge on any atom is -0.360 e. The summed E-state index contributed by atoms with van der Waals surface area (Å²) < 4.78 is 0. The van der Waals surface area contributed by atoms with Crippen molar-refractivity contribution in [2.45, 2.75) is 6.92 Å². The molecule has 0 aliphatic carbocycles. The first-order chi connectivity index (χ1) is 10.6. The third-order valence-corrected chi connectivity index (χ3v) is 3.20. The number of hydrogen-bond acceptors (Lipinski definition) is 3. The van der Waals surface area contributed by atoms with Gasteiger partial charge in [0.25, 0.3) is 5.91 Å². The molecule has 2 rings (SSSR count). The first-order valence-corrected chi connectivity index (χ1v) is 6.97. The number of aryl methyl sites for hydroxylation is 1. The number of halogens is 1. The number of para-hydroxylation sites is 1. The van der Waals surface area contributed by atoms with Gasteiger partial charge in [-0.25, -0.2) is 0 Å². The van der Waals surface area contributed by atoms with Crippen LogP contribution in [-0.2, 0) is 4.79 Å². The van der Waals surface area contributed by atoms with Crippen molar-refractivity contribution in [2.24, 2.45) is 0 Å². The predicted octanol–water partition coefficient (Wildman–Crippen LogP) is 4.11. The molecule has 0 aliphatic heterocycles. The van der Waals surface area contributed by atoms with Crippen molar-refractivity contribution in [2.75, 3.05) is 10.6 Å². The molecule has 0 aliphatic rings. The third-order valence-electron chi connectivity index (χ3n) is 2.97. The van der Waals surface area contributed by atoms with Gasteiger partial charge in [-0.15, -0.1) is 0 Å². The second-order valence-corrected chi connectivity index (χ2v) is 5.03. The number of rotatable bonds is 4. The Morgan fingerprint density at radius 3 is 2.68 bits per heavy atom. The number of anilines is 2. The molecule has 0 bridgehead atoms. The average Bonchev–Trinajstić information content (AvgIpc) is 2.50. The lowest BCUT2D eigenvalue weighted by Crippen LogP contribution is -2.15.